The second kappa shape index (κ2) is 5.88. The SMILES string of the molecule is C[C@@H]1CN(C(=O)Cc2c(F)cccc2Cl)C[C@H](C)O1. The second-order valence-electron chi connectivity index (χ2n) is 4.93. The molecule has 0 radical (unpaired) electrons. The van der Waals surface area contributed by atoms with Gasteiger partial charge in [-0.3, -0.25) is 4.79 Å². The van der Waals surface area contributed by atoms with Crippen LogP contribution in [-0.4, -0.2) is 36.1 Å². The summed E-state index contributed by atoms with van der Waals surface area (Å²) in [4.78, 5) is 13.9. The molecule has 0 saturated carbocycles. The molecule has 1 fully saturated rings. The fraction of sp³-hybridized carbons (Fsp3) is 0.500. The number of carbonyl (C=O) groups is 1. The lowest BCUT2D eigenvalue weighted by molar-refractivity contribution is -0.142. The Morgan fingerprint density at radius 2 is 2.05 bits per heavy atom. The fourth-order valence-electron chi connectivity index (χ4n) is 2.35. The molecule has 1 aromatic rings. The minimum atomic E-state index is -0.435. The molecule has 104 valence electrons. The number of morpholine rings is 1. The third kappa shape index (κ3) is 3.45. The summed E-state index contributed by atoms with van der Waals surface area (Å²) < 4.78 is 19.2. The number of amides is 1. The maximum atomic E-state index is 13.7. The number of rotatable bonds is 2. The van der Waals surface area contributed by atoms with Gasteiger partial charge < -0.3 is 9.64 Å². The Labute approximate surface area is 117 Å². The molecule has 0 aromatic heterocycles. The molecule has 0 N–H and O–H groups in total. The molecule has 3 nitrogen and oxygen atoms in total. The molecule has 1 heterocycles. The van der Waals surface area contributed by atoms with Crippen molar-refractivity contribution in [3.05, 3.63) is 34.6 Å². The lowest BCUT2D eigenvalue weighted by Crippen LogP contribution is -2.48. The normalized spacial score (nSPS) is 23.5. The van der Waals surface area contributed by atoms with Gasteiger partial charge in [-0.25, -0.2) is 4.39 Å². The van der Waals surface area contributed by atoms with Gasteiger partial charge in [0.25, 0.3) is 0 Å². The van der Waals surface area contributed by atoms with Crippen molar-refractivity contribution in [1.29, 1.82) is 0 Å². The number of hydrogen-bond donors (Lipinski definition) is 0. The van der Waals surface area contributed by atoms with Crippen molar-refractivity contribution >= 4 is 17.5 Å². The number of ether oxygens (including phenoxy) is 1. The van der Waals surface area contributed by atoms with Crippen LogP contribution in [0, 0.1) is 5.82 Å². The van der Waals surface area contributed by atoms with Crippen molar-refractivity contribution < 1.29 is 13.9 Å². The van der Waals surface area contributed by atoms with Crippen molar-refractivity contribution in [2.24, 2.45) is 0 Å². The van der Waals surface area contributed by atoms with E-state index >= 15 is 0 Å². The topological polar surface area (TPSA) is 29.5 Å². The molecule has 1 aromatic carbocycles. The van der Waals surface area contributed by atoms with Gasteiger partial charge in [-0.15, -0.1) is 0 Å². The molecule has 2 rings (SSSR count). The third-order valence-electron chi connectivity index (χ3n) is 3.16. The van der Waals surface area contributed by atoms with Crippen LogP contribution in [0.2, 0.25) is 5.02 Å². The van der Waals surface area contributed by atoms with Crippen LogP contribution >= 0.6 is 11.6 Å². The van der Waals surface area contributed by atoms with Gasteiger partial charge >= 0.3 is 0 Å². The molecule has 0 unspecified atom stereocenters. The molecular weight excluding hydrogens is 269 g/mol. The molecule has 0 aliphatic carbocycles. The first-order chi connectivity index (χ1) is 8.97. The number of halogens is 2. The Balaban J connectivity index is 2.08. The zero-order valence-corrected chi connectivity index (χ0v) is 11.8. The Hall–Kier alpha value is -1.13. The van der Waals surface area contributed by atoms with Gasteiger partial charge in [-0.1, -0.05) is 17.7 Å². The van der Waals surface area contributed by atoms with Gasteiger partial charge in [0.05, 0.1) is 18.6 Å². The van der Waals surface area contributed by atoms with E-state index < -0.39 is 5.82 Å². The highest BCUT2D eigenvalue weighted by Crippen LogP contribution is 2.21. The molecule has 1 aliphatic heterocycles. The van der Waals surface area contributed by atoms with Gasteiger partial charge in [0.15, 0.2) is 0 Å². The van der Waals surface area contributed by atoms with E-state index in [0.717, 1.165) is 0 Å². The Morgan fingerprint density at radius 1 is 1.42 bits per heavy atom. The number of carbonyl (C=O) groups excluding carboxylic acids is 1. The van der Waals surface area contributed by atoms with Gasteiger partial charge in [-0.2, -0.15) is 0 Å². The first-order valence-electron chi connectivity index (χ1n) is 6.33. The lowest BCUT2D eigenvalue weighted by Gasteiger charge is -2.35. The summed E-state index contributed by atoms with van der Waals surface area (Å²) in [5.41, 5.74) is 0.265. The van der Waals surface area contributed by atoms with Crippen LogP contribution in [0.4, 0.5) is 4.39 Å². The zero-order chi connectivity index (χ0) is 14.0. The quantitative estimate of drug-likeness (QED) is 0.836. The number of benzene rings is 1. The standard InChI is InChI=1S/C14H17ClFNO2/c1-9-7-17(8-10(2)19-9)14(18)6-11-12(15)4-3-5-13(11)16/h3-5,9-10H,6-8H2,1-2H3/t9-,10+. The monoisotopic (exact) mass is 285 g/mol. The Bertz CT molecular complexity index is 450. The third-order valence-corrected chi connectivity index (χ3v) is 3.52. The predicted molar refractivity (Wildman–Crippen MR) is 71.7 cm³/mol. The van der Waals surface area contributed by atoms with E-state index in [4.69, 9.17) is 16.3 Å². The van der Waals surface area contributed by atoms with Crippen LogP contribution in [0.5, 0.6) is 0 Å². The first-order valence-corrected chi connectivity index (χ1v) is 6.71. The summed E-state index contributed by atoms with van der Waals surface area (Å²) in [7, 11) is 0. The van der Waals surface area contributed by atoms with Crippen LogP contribution in [-0.2, 0) is 16.0 Å². The largest absolute Gasteiger partial charge is 0.372 e. The second-order valence-corrected chi connectivity index (χ2v) is 5.34. The van der Waals surface area contributed by atoms with Crippen molar-refractivity contribution in [1.82, 2.24) is 4.90 Å². The highest BCUT2D eigenvalue weighted by Gasteiger charge is 2.26. The number of nitrogens with zero attached hydrogens (tertiary/aromatic N) is 1. The molecule has 1 saturated heterocycles. The van der Waals surface area contributed by atoms with Crippen molar-refractivity contribution in [3.63, 3.8) is 0 Å². The zero-order valence-electron chi connectivity index (χ0n) is 11.0. The van der Waals surface area contributed by atoms with E-state index in [0.29, 0.717) is 18.1 Å². The molecule has 0 bridgehead atoms. The maximum absolute atomic E-state index is 13.7. The van der Waals surface area contributed by atoms with Crippen LogP contribution in [0.3, 0.4) is 0 Å². The van der Waals surface area contributed by atoms with E-state index in [1.165, 1.54) is 12.1 Å². The van der Waals surface area contributed by atoms with Crippen molar-refractivity contribution in [2.75, 3.05) is 13.1 Å². The lowest BCUT2D eigenvalue weighted by atomic mass is 10.1. The summed E-state index contributed by atoms with van der Waals surface area (Å²) in [5.74, 6) is -0.552. The van der Waals surface area contributed by atoms with Crippen molar-refractivity contribution in [2.45, 2.75) is 32.5 Å². The summed E-state index contributed by atoms with van der Waals surface area (Å²) in [5, 5.41) is 0.294. The average molecular weight is 286 g/mol. The van der Waals surface area contributed by atoms with Gasteiger partial charge in [0, 0.05) is 23.7 Å². The molecule has 19 heavy (non-hydrogen) atoms. The summed E-state index contributed by atoms with van der Waals surface area (Å²) in [6.45, 7) is 4.92. The highest BCUT2D eigenvalue weighted by molar-refractivity contribution is 6.31. The smallest absolute Gasteiger partial charge is 0.227 e. The maximum Gasteiger partial charge on any atom is 0.227 e. The average Bonchev–Trinajstić information content (AvgIpc) is 2.32. The minimum absolute atomic E-state index is 0.00351. The first kappa shape index (κ1) is 14.3. The molecular formula is C14H17ClFNO2. The van der Waals surface area contributed by atoms with Crippen LogP contribution < -0.4 is 0 Å². The van der Waals surface area contributed by atoms with E-state index in [9.17, 15) is 9.18 Å². The molecule has 5 heteroatoms. The molecule has 2 atom stereocenters. The van der Waals surface area contributed by atoms with Crippen molar-refractivity contribution in [3.8, 4) is 0 Å². The summed E-state index contributed by atoms with van der Waals surface area (Å²) >= 11 is 5.93. The highest BCUT2D eigenvalue weighted by atomic mass is 35.5. The van der Waals surface area contributed by atoms with Crippen LogP contribution in [0.15, 0.2) is 18.2 Å². The Morgan fingerprint density at radius 3 is 2.63 bits per heavy atom. The van der Waals surface area contributed by atoms with Crippen LogP contribution in [0.1, 0.15) is 19.4 Å². The van der Waals surface area contributed by atoms with E-state index in [-0.39, 0.29) is 30.1 Å². The fourth-order valence-corrected chi connectivity index (χ4v) is 2.58. The molecule has 1 amide bonds. The minimum Gasteiger partial charge on any atom is -0.372 e. The molecule has 0 spiro atoms. The van der Waals surface area contributed by atoms with Gasteiger partial charge in [0.2, 0.25) is 5.91 Å². The van der Waals surface area contributed by atoms with Crippen LogP contribution in [0.25, 0.3) is 0 Å². The predicted octanol–water partition coefficient (Wildman–Crippen LogP) is 2.66. The van der Waals surface area contributed by atoms with Gasteiger partial charge in [-0.05, 0) is 26.0 Å². The Kier molecular flexibility index (Phi) is 4.42. The summed E-state index contributed by atoms with van der Waals surface area (Å²) in [6, 6.07) is 4.45. The van der Waals surface area contributed by atoms with E-state index in [2.05, 4.69) is 0 Å². The molecule has 1 aliphatic rings. The summed E-state index contributed by atoms with van der Waals surface area (Å²) in [6.07, 6.45) is -0.00196. The van der Waals surface area contributed by atoms with Gasteiger partial charge in [0.1, 0.15) is 5.82 Å². The van der Waals surface area contributed by atoms with E-state index in [1.54, 1.807) is 11.0 Å². The van der Waals surface area contributed by atoms with E-state index in [1.807, 2.05) is 13.8 Å². The number of hydrogen-bond acceptors (Lipinski definition) is 2.